The van der Waals surface area contributed by atoms with E-state index in [0.29, 0.717) is 30.9 Å². The van der Waals surface area contributed by atoms with Crippen molar-refractivity contribution in [2.24, 2.45) is 0 Å². The Morgan fingerprint density at radius 2 is 1.44 bits per heavy atom. The molecule has 5 nitrogen and oxygen atoms in total. The van der Waals surface area contributed by atoms with E-state index >= 15 is 0 Å². The lowest BCUT2D eigenvalue weighted by atomic mass is 9.98. The highest BCUT2D eigenvalue weighted by atomic mass is 19.4. The van der Waals surface area contributed by atoms with Crippen LogP contribution in [-0.2, 0) is 25.3 Å². The van der Waals surface area contributed by atoms with Crippen LogP contribution in [0.5, 0.6) is 0 Å². The molecule has 0 aromatic heterocycles. The Labute approximate surface area is 219 Å². The molecule has 3 aromatic carbocycles. The monoisotopic (exact) mass is 547 g/mol. The molecule has 1 aliphatic carbocycles. The highest BCUT2D eigenvalue weighted by molar-refractivity contribution is 6.06. The van der Waals surface area contributed by atoms with Crippen molar-refractivity contribution in [3.63, 3.8) is 0 Å². The first-order chi connectivity index (χ1) is 18.4. The molecular weight excluding hydrogens is 524 g/mol. The first-order valence-corrected chi connectivity index (χ1v) is 12.3. The fraction of sp³-hybridized carbons (Fsp3) is 0.286. The number of fused-ring (bicyclic) bond motifs is 1. The summed E-state index contributed by atoms with van der Waals surface area (Å²) < 4.78 is 79.5. The number of hydrogen-bond donors (Lipinski definition) is 2. The minimum Gasteiger partial charge on any atom is -0.366 e. The van der Waals surface area contributed by atoms with Crippen molar-refractivity contribution in [3.05, 3.63) is 94.0 Å². The zero-order valence-corrected chi connectivity index (χ0v) is 20.4. The molecule has 0 bridgehead atoms. The maximum Gasteiger partial charge on any atom is 0.416 e. The second-order valence-corrected chi connectivity index (χ2v) is 9.67. The van der Waals surface area contributed by atoms with Crippen LogP contribution in [0.25, 0.3) is 0 Å². The molecular formula is C28H23F6N3O2. The van der Waals surface area contributed by atoms with Gasteiger partial charge in [0, 0.05) is 36.1 Å². The molecule has 0 saturated heterocycles. The Bertz CT molecular complexity index is 1400. The van der Waals surface area contributed by atoms with E-state index in [-0.39, 0.29) is 29.3 Å². The summed E-state index contributed by atoms with van der Waals surface area (Å²) in [6.07, 6.45) is -7.73. The van der Waals surface area contributed by atoms with Gasteiger partial charge in [-0.2, -0.15) is 26.3 Å². The van der Waals surface area contributed by atoms with Crippen LogP contribution in [0.3, 0.4) is 0 Å². The molecule has 5 rings (SSSR count). The normalized spacial score (nSPS) is 15.5. The minimum absolute atomic E-state index is 0.0385. The van der Waals surface area contributed by atoms with Gasteiger partial charge in [0.1, 0.15) is 0 Å². The number of amides is 2. The number of alkyl halides is 6. The van der Waals surface area contributed by atoms with Crippen LogP contribution in [0.1, 0.15) is 55.8 Å². The zero-order valence-electron chi connectivity index (χ0n) is 20.4. The van der Waals surface area contributed by atoms with Gasteiger partial charge >= 0.3 is 12.4 Å². The number of halogens is 6. The summed E-state index contributed by atoms with van der Waals surface area (Å²) in [6, 6.07) is 13.2. The molecule has 3 aromatic rings. The first-order valence-electron chi connectivity index (χ1n) is 12.3. The second-order valence-electron chi connectivity index (χ2n) is 9.67. The highest BCUT2D eigenvalue weighted by Crippen LogP contribution is 2.37. The highest BCUT2D eigenvalue weighted by Gasteiger charge is 2.37. The molecule has 2 N–H and O–H groups in total. The van der Waals surface area contributed by atoms with Crippen molar-refractivity contribution in [2.45, 2.75) is 44.2 Å². The van der Waals surface area contributed by atoms with E-state index in [0.717, 1.165) is 24.8 Å². The van der Waals surface area contributed by atoms with Crippen molar-refractivity contribution in [2.75, 3.05) is 16.8 Å². The average molecular weight is 547 g/mol. The van der Waals surface area contributed by atoms with Gasteiger partial charge in [-0.25, -0.2) is 0 Å². The summed E-state index contributed by atoms with van der Waals surface area (Å²) >= 11 is 0. The van der Waals surface area contributed by atoms with Gasteiger partial charge in [-0.1, -0.05) is 24.3 Å². The summed E-state index contributed by atoms with van der Waals surface area (Å²) in [7, 11) is 0. The van der Waals surface area contributed by atoms with E-state index in [1.54, 1.807) is 6.07 Å². The van der Waals surface area contributed by atoms with Crippen LogP contribution in [0.2, 0.25) is 0 Å². The molecule has 11 heteroatoms. The van der Waals surface area contributed by atoms with Crippen LogP contribution < -0.4 is 15.5 Å². The van der Waals surface area contributed by atoms with Crippen LogP contribution in [0.15, 0.2) is 60.7 Å². The second kappa shape index (κ2) is 9.94. The number of rotatable bonds is 5. The van der Waals surface area contributed by atoms with Gasteiger partial charge in [0.15, 0.2) is 0 Å². The van der Waals surface area contributed by atoms with Gasteiger partial charge in [0.25, 0.3) is 11.8 Å². The van der Waals surface area contributed by atoms with E-state index in [1.165, 1.54) is 17.7 Å². The fourth-order valence-electron chi connectivity index (χ4n) is 4.55. The first kappa shape index (κ1) is 26.6. The molecule has 2 amide bonds. The van der Waals surface area contributed by atoms with Crippen LogP contribution in [-0.4, -0.2) is 24.4 Å². The van der Waals surface area contributed by atoms with E-state index in [9.17, 15) is 35.9 Å². The van der Waals surface area contributed by atoms with Gasteiger partial charge < -0.3 is 15.5 Å². The summed E-state index contributed by atoms with van der Waals surface area (Å²) in [5.41, 5.74) is -0.745. The molecule has 0 radical (unpaired) electrons. The predicted molar refractivity (Wildman–Crippen MR) is 133 cm³/mol. The van der Waals surface area contributed by atoms with Crippen LogP contribution >= 0.6 is 0 Å². The molecule has 1 heterocycles. The standard InChI is InChI=1S/C28H23F6N3O2/c29-27(30,31)19-11-18(12-20(13-19)28(32,33)34)25(38)36-22-7-8-24(23(14-22)26(39)35-21-5-6-21)37-10-9-16-3-1-2-4-17(16)15-37/h1-4,7-8,11-14,21H,5-6,9-10,15H2,(H,35,39)(H,36,38). The van der Waals surface area contributed by atoms with Crippen molar-refractivity contribution in [3.8, 4) is 0 Å². The molecule has 1 saturated carbocycles. The number of carbonyl (C=O) groups is 2. The molecule has 204 valence electrons. The smallest absolute Gasteiger partial charge is 0.366 e. The lowest BCUT2D eigenvalue weighted by Gasteiger charge is -2.32. The molecule has 1 fully saturated rings. The molecule has 0 spiro atoms. The summed E-state index contributed by atoms with van der Waals surface area (Å²) in [6.45, 7) is 1.19. The third-order valence-corrected chi connectivity index (χ3v) is 6.73. The Morgan fingerprint density at radius 1 is 0.795 bits per heavy atom. The third kappa shape index (κ3) is 6.02. The molecule has 1 aliphatic heterocycles. The van der Waals surface area contributed by atoms with Crippen molar-refractivity contribution in [1.29, 1.82) is 0 Å². The Hall–Kier alpha value is -4.02. The van der Waals surface area contributed by atoms with Crippen molar-refractivity contribution in [1.82, 2.24) is 5.32 Å². The third-order valence-electron chi connectivity index (χ3n) is 6.73. The Balaban J connectivity index is 1.45. The summed E-state index contributed by atoms with van der Waals surface area (Å²) in [4.78, 5) is 28.0. The number of benzene rings is 3. The summed E-state index contributed by atoms with van der Waals surface area (Å²) in [5.74, 6) is -1.54. The fourth-order valence-corrected chi connectivity index (χ4v) is 4.55. The van der Waals surface area contributed by atoms with Gasteiger partial charge in [-0.15, -0.1) is 0 Å². The van der Waals surface area contributed by atoms with E-state index < -0.39 is 35.0 Å². The quantitative estimate of drug-likeness (QED) is 0.362. The number of nitrogens with zero attached hydrogens (tertiary/aromatic N) is 1. The average Bonchev–Trinajstić information content (AvgIpc) is 3.71. The zero-order chi connectivity index (χ0) is 27.9. The lowest BCUT2D eigenvalue weighted by Crippen LogP contribution is -2.33. The molecule has 0 unspecified atom stereocenters. The van der Waals surface area contributed by atoms with Gasteiger partial charge in [-0.3, -0.25) is 9.59 Å². The Kier molecular flexibility index (Phi) is 6.77. The Morgan fingerprint density at radius 3 is 2.05 bits per heavy atom. The molecule has 2 aliphatic rings. The lowest BCUT2D eigenvalue weighted by molar-refractivity contribution is -0.143. The van der Waals surface area contributed by atoms with Gasteiger partial charge in [0.05, 0.1) is 16.7 Å². The maximum atomic E-state index is 13.2. The topological polar surface area (TPSA) is 61.4 Å². The van der Waals surface area contributed by atoms with Gasteiger partial charge in [-0.05, 0) is 66.8 Å². The van der Waals surface area contributed by atoms with Crippen LogP contribution in [0, 0.1) is 0 Å². The van der Waals surface area contributed by atoms with Crippen LogP contribution in [0.4, 0.5) is 37.7 Å². The van der Waals surface area contributed by atoms with E-state index in [1.807, 2.05) is 29.2 Å². The van der Waals surface area contributed by atoms with Gasteiger partial charge in [0.2, 0.25) is 0 Å². The van der Waals surface area contributed by atoms with Crippen molar-refractivity contribution < 1.29 is 35.9 Å². The molecule has 39 heavy (non-hydrogen) atoms. The number of carbonyl (C=O) groups excluding carboxylic acids is 2. The minimum atomic E-state index is -5.08. The van der Waals surface area contributed by atoms with E-state index in [2.05, 4.69) is 10.6 Å². The number of anilines is 2. The SMILES string of the molecule is O=C(Nc1ccc(N2CCc3ccccc3C2)c(C(=O)NC2CC2)c1)c1cc(C(F)(F)F)cc(C(F)(F)F)c1. The van der Waals surface area contributed by atoms with Crippen molar-refractivity contribution >= 4 is 23.2 Å². The molecule has 0 atom stereocenters. The largest absolute Gasteiger partial charge is 0.416 e. The number of nitrogens with one attached hydrogen (secondary N) is 2. The predicted octanol–water partition coefficient (Wildman–Crippen LogP) is 6.43. The maximum absolute atomic E-state index is 13.2. The summed E-state index contributed by atoms with van der Waals surface area (Å²) in [5, 5.41) is 5.25. The number of hydrogen-bond acceptors (Lipinski definition) is 3. The van der Waals surface area contributed by atoms with E-state index in [4.69, 9.17) is 0 Å².